The van der Waals surface area contributed by atoms with E-state index < -0.39 is 61.6 Å². The molecule has 2 aliphatic rings. The van der Waals surface area contributed by atoms with Crippen LogP contribution in [0.15, 0.2) is 17.0 Å². The van der Waals surface area contributed by atoms with Gasteiger partial charge in [-0.25, -0.2) is 17.2 Å². The van der Waals surface area contributed by atoms with Gasteiger partial charge in [0.25, 0.3) is 0 Å². The Morgan fingerprint density at radius 2 is 1.88 bits per heavy atom. The second-order valence-corrected chi connectivity index (χ2v) is 8.31. The van der Waals surface area contributed by atoms with Crippen molar-refractivity contribution < 1.29 is 35.8 Å². The number of nitrogens with zero attached hydrogens (tertiary/aromatic N) is 1. The number of nitriles is 1. The molecule has 0 amide bonds. The van der Waals surface area contributed by atoms with Crippen LogP contribution in [0.1, 0.15) is 36.2 Å². The van der Waals surface area contributed by atoms with Crippen LogP contribution in [0.4, 0.5) is 17.6 Å². The highest BCUT2D eigenvalue weighted by Gasteiger charge is 2.59. The highest BCUT2D eigenvalue weighted by molar-refractivity contribution is 7.90. The van der Waals surface area contributed by atoms with Crippen molar-refractivity contribution in [1.29, 1.82) is 5.26 Å². The van der Waals surface area contributed by atoms with E-state index in [1.54, 1.807) is 0 Å². The zero-order valence-electron chi connectivity index (χ0n) is 12.8. The minimum Gasteiger partial charge on any atom is -0.490 e. The summed E-state index contributed by atoms with van der Waals surface area (Å²) in [5.74, 6) is -4.62. The largest absolute Gasteiger partial charge is 0.490 e. The van der Waals surface area contributed by atoms with Crippen LogP contribution in [0.25, 0.3) is 0 Å². The minimum absolute atomic E-state index is 0.317. The topological polar surface area (TPSA) is 87.4 Å². The van der Waals surface area contributed by atoms with E-state index in [2.05, 4.69) is 0 Å². The fourth-order valence-corrected chi connectivity index (χ4v) is 4.04. The molecule has 0 spiro atoms. The summed E-state index contributed by atoms with van der Waals surface area (Å²) in [4.78, 5) is -0.618. The Morgan fingerprint density at radius 1 is 1.28 bits per heavy atom. The van der Waals surface area contributed by atoms with Crippen LogP contribution in [0.5, 0.6) is 5.75 Å². The van der Waals surface area contributed by atoms with Crippen molar-refractivity contribution in [3.8, 4) is 11.8 Å². The molecule has 136 valence electrons. The molecule has 0 saturated heterocycles. The van der Waals surface area contributed by atoms with Gasteiger partial charge in [0.2, 0.25) is 5.67 Å². The standard InChI is InChI=1S/C15H13F4NO4S/c1-25(22,23)9-3-2-8(24-7-4-14(17,5-7)6-20)10-11(9)13(21)15(18,19)12(10)16/h2-3,7,12-13,21H,4-5H2,1H3/t7-,12-,13+,14+/m1/s1. The maximum Gasteiger partial charge on any atom is 0.312 e. The first kappa shape index (κ1) is 17.9. The van der Waals surface area contributed by atoms with Gasteiger partial charge in [0.15, 0.2) is 16.0 Å². The van der Waals surface area contributed by atoms with E-state index in [1.807, 2.05) is 0 Å². The second kappa shape index (κ2) is 5.32. The summed E-state index contributed by atoms with van der Waals surface area (Å²) in [5.41, 5.74) is -3.59. The maximum absolute atomic E-state index is 14.3. The van der Waals surface area contributed by atoms with E-state index >= 15 is 0 Å². The average Bonchev–Trinajstić information content (AvgIpc) is 2.66. The minimum atomic E-state index is -4.22. The number of hydrogen-bond donors (Lipinski definition) is 1. The molecule has 0 radical (unpaired) electrons. The molecule has 1 aromatic carbocycles. The molecular formula is C15H13F4NO4S. The quantitative estimate of drug-likeness (QED) is 0.816. The van der Waals surface area contributed by atoms with Gasteiger partial charge in [-0.05, 0) is 12.1 Å². The summed E-state index contributed by atoms with van der Waals surface area (Å²) in [6.07, 6.45) is -6.34. The van der Waals surface area contributed by atoms with Crippen LogP contribution < -0.4 is 4.74 Å². The Labute approximate surface area is 140 Å². The van der Waals surface area contributed by atoms with Gasteiger partial charge >= 0.3 is 5.92 Å². The first-order valence-corrected chi connectivity index (χ1v) is 9.13. The molecule has 0 aromatic heterocycles. The van der Waals surface area contributed by atoms with Gasteiger partial charge < -0.3 is 9.84 Å². The zero-order chi connectivity index (χ0) is 18.8. The van der Waals surface area contributed by atoms with Crippen LogP contribution in [-0.4, -0.2) is 37.5 Å². The number of rotatable bonds is 3. The molecule has 10 heteroatoms. The van der Waals surface area contributed by atoms with Crippen LogP contribution in [-0.2, 0) is 9.84 Å². The van der Waals surface area contributed by atoms with Gasteiger partial charge in [-0.15, -0.1) is 0 Å². The lowest BCUT2D eigenvalue weighted by molar-refractivity contribution is -0.144. The molecule has 1 N–H and O–H groups in total. The first-order chi connectivity index (χ1) is 11.4. The Bertz CT molecular complexity index is 874. The fraction of sp³-hybridized carbons (Fsp3) is 0.533. The Morgan fingerprint density at radius 3 is 2.40 bits per heavy atom. The van der Waals surface area contributed by atoms with Crippen LogP contribution in [0.3, 0.4) is 0 Å². The van der Waals surface area contributed by atoms with E-state index in [0.29, 0.717) is 0 Å². The second-order valence-electron chi connectivity index (χ2n) is 6.33. The van der Waals surface area contributed by atoms with Gasteiger partial charge in [0.05, 0.1) is 4.90 Å². The van der Waals surface area contributed by atoms with E-state index in [9.17, 15) is 31.1 Å². The lowest BCUT2D eigenvalue weighted by Gasteiger charge is -2.36. The molecule has 2 aliphatic carbocycles. The number of hydrogen-bond acceptors (Lipinski definition) is 5. The van der Waals surface area contributed by atoms with Crippen molar-refractivity contribution >= 4 is 9.84 Å². The lowest BCUT2D eigenvalue weighted by atomic mass is 9.80. The Hall–Kier alpha value is -1.86. The molecule has 0 aliphatic heterocycles. The number of sulfone groups is 1. The number of halogens is 4. The van der Waals surface area contributed by atoms with Gasteiger partial charge in [-0.3, -0.25) is 0 Å². The van der Waals surface area contributed by atoms with Gasteiger partial charge in [0, 0.05) is 30.2 Å². The average molecular weight is 379 g/mol. The van der Waals surface area contributed by atoms with Crippen molar-refractivity contribution in [3.05, 3.63) is 23.3 Å². The third kappa shape index (κ3) is 2.66. The predicted molar refractivity (Wildman–Crippen MR) is 76.4 cm³/mol. The van der Waals surface area contributed by atoms with Crippen molar-refractivity contribution in [2.45, 2.75) is 47.7 Å². The first-order valence-electron chi connectivity index (χ1n) is 7.24. The predicted octanol–water partition coefficient (Wildman–Crippen LogP) is 2.56. The van der Waals surface area contributed by atoms with E-state index in [-0.39, 0.29) is 12.8 Å². The van der Waals surface area contributed by atoms with Crippen molar-refractivity contribution in [2.24, 2.45) is 0 Å². The van der Waals surface area contributed by atoms with Gasteiger partial charge in [-0.2, -0.15) is 14.0 Å². The van der Waals surface area contributed by atoms with Crippen molar-refractivity contribution in [1.82, 2.24) is 0 Å². The molecule has 2 atom stereocenters. The number of aliphatic hydroxyl groups is 1. The highest BCUT2D eigenvalue weighted by atomic mass is 32.2. The third-order valence-corrected chi connectivity index (χ3v) is 5.59. The maximum atomic E-state index is 14.3. The lowest BCUT2D eigenvalue weighted by Crippen LogP contribution is -2.45. The molecular weight excluding hydrogens is 366 g/mol. The molecule has 0 unspecified atom stereocenters. The smallest absolute Gasteiger partial charge is 0.312 e. The number of ether oxygens (including phenoxy) is 1. The molecule has 25 heavy (non-hydrogen) atoms. The molecule has 0 bridgehead atoms. The summed E-state index contributed by atoms with van der Waals surface area (Å²) in [6, 6.07) is 3.38. The van der Waals surface area contributed by atoms with Crippen molar-refractivity contribution in [2.75, 3.05) is 6.26 Å². The number of alkyl halides is 4. The highest BCUT2D eigenvalue weighted by Crippen LogP contribution is 2.57. The molecule has 5 nitrogen and oxygen atoms in total. The van der Waals surface area contributed by atoms with Crippen LogP contribution in [0.2, 0.25) is 0 Å². The Kier molecular flexibility index (Phi) is 3.82. The number of aliphatic hydroxyl groups excluding tert-OH is 1. The number of fused-ring (bicyclic) bond motifs is 1. The molecule has 1 fully saturated rings. The van der Waals surface area contributed by atoms with E-state index in [0.717, 1.165) is 18.4 Å². The normalized spacial score (nSPS) is 33.2. The molecule has 1 aromatic rings. The number of benzene rings is 1. The van der Waals surface area contributed by atoms with Gasteiger partial charge in [-0.1, -0.05) is 0 Å². The molecule has 1 saturated carbocycles. The molecule has 0 heterocycles. The summed E-state index contributed by atoms with van der Waals surface area (Å²) < 4.78 is 84.5. The van der Waals surface area contributed by atoms with E-state index in [1.165, 1.54) is 6.07 Å². The third-order valence-electron chi connectivity index (χ3n) is 4.43. The van der Waals surface area contributed by atoms with Crippen LogP contribution >= 0.6 is 0 Å². The summed E-state index contributed by atoms with van der Waals surface area (Å²) in [7, 11) is -4.01. The van der Waals surface area contributed by atoms with E-state index in [4.69, 9.17) is 10.00 Å². The van der Waals surface area contributed by atoms with Gasteiger partial charge in [0.1, 0.15) is 24.0 Å². The fourth-order valence-electron chi connectivity index (χ4n) is 3.11. The summed E-state index contributed by atoms with van der Waals surface area (Å²) in [6.45, 7) is 0. The Balaban J connectivity index is 2.05. The molecule has 3 rings (SSSR count). The SMILES string of the molecule is CS(=O)(=O)c1ccc(O[C@H]2C[C@](F)(C#N)C2)c2c1[C@H](O)C(F)(F)[C@@H]2F. The van der Waals surface area contributed by atoms with Crippen molar-refractivity contribution in [3.63, 3.8) is 0 Å². The zero-order valence-corrected chi connectivity index (χ0v) is 13.7. The summed E-state index contributed by atoms with van der Waals surface area (Å²) in [5, 5.41) is 18.4. The monoisotopic (exact) mass is 379 g/mol. The summed E-state index contributed by atoms with van der Waals surface area (Å²) >= 11 is 0. The van der Waals surface area contributed by atoms with Crippen LogP contribution in [0, 0.1) is 11.3 Å².